The summed E-state index contributed by atoms with van der Waals surface area (Å²) >= 11 is 77.9. The summed E-state index contributed by atoms with van der Waals surface area (Å²) in [6, 6.07) is 15.8. The molecule has 228 valence electrons. The molecule has 0 radical (unpaired) electrons. The molecule has 4 aromatic carbocycles. The van der Waals surface area contributed by atoms with Crippen LogP contribution < -0.4 is 0 Å². The van der Waals surface area contributed by atoms with Gasteiger partial charge in [-0.3, -0.25) is 0 Å². The summed E-state index contributed by atoms with van der Waals surface area (Å²) in [6.45, 7) is 0. The van der Waals surface area contributed by atoms with Gasteiger partial charge < -0.3 is 0 Å². The fraction of sp³-hybridized carbons (Fsp3) is 0.0667. The minimum atomic E-state index is -1.31. The van der Waals surface area contributed by atoms with Crippen molar-refractivity contribution in [2.75, 3.05) is 0 Å². The lowest BCUT2D eigenvalue weighted by Crippen LogP contribution is -2.43. The highest BCUT2D eigenvalue weighted by molar-refractivity contribution is 9.12. The normalized spacial score (nSPS) is 18.8. The molecule has 0 aromatic heterocycles. The average molecular weight is 1130 g/mol. The molecule has 44 heavy (non-hydrogen) atoms. The maximum absolute atomic E-state index is 7.81. The van der Waals surface area contributed by atoms with Crippen LogP contribution in [0.1, 0.15) is 22.3 Å². The minimum Gasteiger partial charge on any atom is -0.116 e. The van der Waals surface area contributed by atoms with E-state index in [4.69, 9.17) is 92.8 Å². The van der Waals surface area contributed by atoms with Crippen molar-refractivity contribution in [3.8, 4) is 0 Å². The van der Waals surface area contributed by atoms with Gasteiger partial charge in [-0.15, -0.1) is 11.6 Å². The van der Waals surface area contributed by atoms with E-state index in [-0.39, 0.29) is 0 Å². The second-order valence-corrected chi connectivity index (χ2v) is 17.9. The first-order valence-corrected chi connectivity index (χ1v) is 19.8. The molecule has 2 atom stereocenters. The third-order valence-electron chi connectivity index (χ3n) is 6.97. The van der Waals surface area contributed by atoms with Crippen molar-refractivity contribution in [3.63, 3.8) is 0 Å². The van der Waals surface area contributed by atoms with E-state index in [1.165, 1.54) is 0 Å². The van der Waals surface area contributed by atoms with Gasteiger partial charge in [-0.2, -0.15) is 0 Å². The molecule has 0 heterocycles. The zero-order valence-electron chi connectivity index (χ0n) is 21.1. The summed E-state index contributed by atoms with van der Waals surface area (Å²) in [4.78, 5) is 0. The van der Waals surface area contributed by atoms with Gasteiger partial charge in [0.05, 0.1) is 30.9 Å². The van der Waals surface area contributed by atoms with Crippen molar-refractivity contribution in [2.24, 2.45) is 0 Å². The Morgan fingerprint density at radius 1 is 0.568 bits per heavy atom. The highest BCUT2D eigenvalue weighted by Crippen LogP contribution is 2.64. The molecule has 0 saturated carbocycles. The van der Waals surface area contributed by atoms with Crippen molar-refractivity contribution in [3.05, 3.63) is 139 Å². The van der Waals surface area contributed by atoms with E-state index in [2.05, 4.69) is 95.6 Å². The highest BCUT2D eigenvalue weighted by atomic mass is 79.9. The van der Waals surface area contributed by atoms with E-state index in [0.29, 0.717) is 90.9 Å². The molecule has 0 saturated heterocycles. The summed E-state index contributed by atoms with van der Waals surface area (Å²) in [7, 11) is 0. The minimum absolute atomic E-state index is 0.316. The van der Waals surface area contributed by atoms with Gasteiger partial charge in [0, 0.05) is 58.6 Å². The van der Waals surface area contributed by atoms with Crippen LogP contribution in [0.25, 0.3) is 11.1 Å². The fourth-order valence-corrected chi connectivity index (χ4v) is 13.2. The largest absolute Gasteiger partial charge is 0.116 e. The molecule has 14 heteroatoms. The molecule has 0 bridgehead atoms. The predicted octanol–water partition coefficient (Wildman–Crippen LogP) is 16.8. The van der Waals surface area contributed by atoms with Crippen molar-refractivity contribution in [1.82, 2.24) is 0 Å². The van der Waals surface area contributed by atoms with E-state index in [1.54, 1.807) is 48.5 Å². The summed E-state index contributed by atoms with van der Waals surface area (Å²) in [5.41, 5.74) is 2.25. The first-order valence-electron chi connectivity index (χ1n) is 12.0. The van der Waals surface area contributed by atoms with Crippen molar-refractivity contribution in [2.45, 2.75) is 10.8 Å². The lowest BCUT2D eigenvalue weighted by Gasteiger charge is -2.46. The Balaban J connectivity index is 2.10. The third kappa shape index (κ3) is 6.45. The number of rotatable bonds is 4. The Bertz CT molecular complexity index is 1890. The Kier molecular flexibility index (Phi) is 12.1. The number of hydrogen-bond donors (Lipinski definition) is 0. The topological polar surface area (TPSA) is 0 Å². The van der Waals surface area contributed by atoms with Gasteiger partial charge in [0.2, 0.25) is 0 Å². The summed E-state index contributed by atoms with van der Waals surface area (Å²) in [6.07, 6.45) is 0. The van der Waals surface area contributed by atoms with E-state index >= 15 is 0 Å². The van der Waals surface area contributed by atoms with Crippen LogP contribution >= 0.6 is 188 Å². The number of alkyl halides is 1. The van der Waals surface area contributed by atoms with Gasteiger partial charge in [0.15, 0.2) is 0 Å². The SMILES string of the molecule is ClC1=C(c2c(Cl)cc(Br)cc2Br)C(Cl)C(c2cc(Cl)ccc2Cl)(c2c(Br)cc(Cl)cc2Br)C(Br)=C1c1cc(Cl)c(Cl)cc1Br. The molecule has 4 aromatic rings. The zero-order chi connectivity index (χ0) is 32.4. The number of benzene rings is 4. The maximum atomic E-state index is 7.81. The van der Waals surface area contributed by atoms with Gasteiger partial charge in [0.25, 0.3) is 0 Å². The number of hydrogen-bond acceptors (Lipinski definition) is 0. The van der Waals surface area contributed by atoms with Crippen LogP contribution in [-0.4, -0.2) is 5.38 Å². The molecular weight excluding hydrogens is 1120 g/mol. The highest BCUT2D eigenvalue weighted by Gasteiger charge is 2.54. The van der Waals surface area contributed by atoms with Gasteiger partial charge in [-0.05, 0) is 71.3 Å². The Morgan fingerprint density at radius 2 is 1.18 bits per heavy atom. The van der Waals surface area contributed by atoms with Gasteiger partial charge in [0.1, 0.15) is 0 Å². The molecular formula is C30H10Br6Cl8. The number of halogens is 14. The van der Waals surface area contributed by atoms with Crippen LogP contribution in [0.4, 0.5) is 0 Å². The zero-order valence-corrected chi connectivity index (χ0v) is 36.6. The van der Waals surface area contributed by atoms with Gasteiger partial charge >= 0.3 is 0 Å². The van der Waals surface area contributed by atoms with Gasteiger partial charge in [-0.25, -0.2) is 0 Å². The second-order valence-electron chi connectivity index (χ2n) is 9.45. The Labute approximate surface area is 344 Å². The molecule has 0 nitrogen and oxygen atoms in total. The first kappa shape index (κ1) is 36.8. The lowest BCUT2D eigenvalue weighted by molar-refractivity contribution is 0.651. The van der Waals surface area contributed by atoms with Crippen LogP contribution in [0.15, 0.2) is 86.5 Å². The molecule has 2 unspecified atom stereocenters. The second kappa shape index (κ2) is 14.4. The molecule has 0 N–H and O–H groups in total. The van der Waals surface area contributed by atoms with Crippen molar-refractivity contribution >= 4 is 200 Å². The average Bonchev–Trinajstić information content (AvgIpc) is 2.91. The third-order valence-corrected chi connectivity index (χ3v) is 13.7. The van der Waals surface area contributed by atoms with Crippen LogP contribution in [-0.2, 0) is 5.41 Å². The van der Waals surface area contributed by atoms with Crippen molar-refractivity contribution < 1.29 is 0 Å². The molecule has 5 rings (SSSR count). The monoisotopic (exact) mass is 1120 g/mol. The van der Waals surface area contributed by atoms with Crippen LogP contribution in [0.3, 0.4) is 0 Å². The Morgan fingerprint density at radius 3 is 1.80 bits per heavy atom. The molecule has 1 aliphatic carbocycles. The fourth-order valence-electron chi connectivity index (χ4n) is 5.20. The van der Waals surface area contributed by atoms with E-state index in [0.717, 1.165) is 4.47 Å². The predicted molar refractivity (Wildman–Crippen MR) is 213 cm³/mol. The molecule has 0 amide bonds. The quantitative estimate of drug-likeness (QED) is 0.141. The van der Waals surface area contributed by atoms with Crippen molar-refractivity contribution in [1.29, 1.82) is 0 Å². The first-order chi connectivity index (χ1) is 20.6. The van der Waals surface area contributed by atoms with Crippen LogP contribution in [0.5, 0.6) is 0 Å². The van der Waals surface area contributed by atoms with Gasteiger partial charge in [-0.1, -0.05) is 177 Å². The Hall–Kier alpha value is 1.56. The van der Waals surface area contributed by atoms with E-state index in [9.17, 15) is 0 Å². The van der Waals surface area contributed by atoms with E-state index < -0.39 is 10.8 Å². The summed E-state index contributed by atoms with van der Waals surface area (Å²) in [5, 5.41) is 1.77. The van der Waals surface area contributed by atoms with E-state index in [1.807, 2.05) is 6.07 Å². The summed E-state index contributed by atoms with van der Waals surface area (Å²) < 4.78 is 3.89. The van der Waals surface area contributed by atoms with Crippen LogP contribution in [0.2, 0.25) is 30.1 Å². The lowest BCUT2D eigenvalue weighted by atomic mass is 9.65. The number of allylic oxidation sites excluding steroid dienone is 4. The summed E-state index contributed by atoms with van der Waals surface area (Å²) in [5.74, 6) is 0. The smallest absolute Gasteiger partial charge is 0.0791 e. The maximum Gasteiger partial charge on any atom is 0.0791 e. The molecule has 0 spiro atoms. The van der Waals surface area contributed by atoms with Crippen LogP contribution in [0, 0.1) is 0 Å². The standard InChI is InChI=1S/C30H10Br6Cl8/c31-10-3-16(33)24(22(42)4-10)25-27(43)23(13-8-20(40)21(41)9-15(13)32)28(36)30(29(25)44,14-5-11(37)1-2-19(14)39)26-17(34)6-12(38)7-18(26)35/h1-9,29H. The molecule has 0 fully saturated rings. The molecule has 0 aliphatic heterocycles. The molecule has 1 aliphatic rings.